The predicted octanol–water partition coefficient (Wildman–Crippen LogP) is 3.44. The third-order valence-electron chi connectivity index (χ3n) is 5.07. The maximum Gasteiger partial charge on any atom is 0.179 e. The highest BCUT2D eigenvalue weighted by atomic mass is 16.3. The summed E-state index contributed by atoms with van der Waals surface area (Å²) in [5.74, 6) is -3.80. The molecule has 0 amide bonds. The van der Waals surface area contributed by atoms with Gasteiger partial charge in [0.1, 0.15) is 17.3 Å². The van der Waals surface area contributed by atoms with Crippen LogP contribution in [0.3, 0.4) is 0 Å². The Morgan fingerprint density at radius 3 is 2.36 bits per heavy atom. The number of hydrogen-bond donors (Lipinski definition) is 3. The molecule has 3 N–H and O–H groups in total. The van der Waals surface area contributed by atoms with Gasteiger partial charge in [-0.3, -0.25) is 9.59 Å². The van der Waals surface area contributed by atoms with Gasteiger partial charge in [0, 0.05) is 10.8 Å². The van der Waals surface area contributed by atoms with Crippen molar-refractivity contribution < 1.29 is 24.9 Å². The number of carbonyl (C=O) groups is 2. The number of aliphatic hydroxyl groups excluding tert-OH is 1. The number of carbonyl (C=O) groups excluding carboxylic acids is 2. The average Bonchev–Trinajstić information content (AvgIpc) is 2.62. The summed E-state index contributed by atoms with van der Waals surface area (Å²) < 4.78 is 0. The summed E-state index contributed by atoms with van der Waals surface area (Å²) in [5.41, 5.74) is 0.562. The Bertz CT molecular complexity index is 1010. The van der Waals surface area contributed by atoms with E-state index >= 15 is 0 Å². The van der Waals surface area contributed by atoms with E-state index in [-0.39, 0.29) is 28.4 Å². The second-order valence-corrected chi connectivity index (χ2v) is 6.39. The maximum absolute atomic E-state index is 12.9. The third-order valence-corrected chi connectivity index (χ3v) is 5.07. The number of aliphatic hydroxyl groups is 1. The molecule has 2 atom stereocenters. The highest BCUT2D eigenvalue weighted by Crippen LogP contribution is 2.47. The van der Waals surface area contributed by atoms with E-state index < -0.39 is 23.4 Å². The van der Waals surface area contributed by atoms with Crippen LogP contribution in [0.2, 0.25) is 0 Å². The van der Waals surface area contributed by atoms with Crippen molar-refractivity contribution in [3.05, 3.63) is 58.9 Å². The molecule has 25 heavy (non-hydrogen) atoms. The van der Waals surface area contributed by atoms with Gasteiger partial charge in [0.2, 0.25) is 0 Å². The van der Waals surface area contributed by atoms with Gasteiger partial charge >= 0.3 is 0 Å². The van der Waals surface area contributed by atoms with Crippen LogP contribution >= 0.6 is 0 Å². The number of phenols is 2. The lowest BCUT2D eigenvalue weighted by Crippen LogP contribution is -2.37. The van der Waals surface area contributed by atoms with Crippen LogP contribution in [0.15, 0.2) is 42.2 Å². The van der Waals surface area contributed by atoms with Gasteiger partial charge in [-0.15, -0.1) is 0 Å². The van der Waals surface area contributed by atoms with Crippen LogP contribution in [0, 0.1) is 11.8 Å². The summed E-state index contributed by atoms with van der Waals surface area (Å²) in [4.78, 5) is 25.8. The Hall–Kier alpha value is -3.08. The minimum absolute atomic E-state index is 0.163. The molecule has 0 heterocycles. The summed E-state index contributed by atoms with van der Waals surface area (Å²) in [7, 11) is 0. The molecule has 0 bridgehead atoms. The van der Waals surface area contributed by atoms with Crippen LogP contribution in [-0.2, 0) is 6.42 Å². The fraction of sp³-hybridized carbons (Fsp3) is 0.200. The lowest BCUT2D eigenvalue weighted by molar-refractivity contribution is 0.0753. The quantitative estimate of drug-likeness (QED) is 0.694. The van der Waals surface area contributed by atoms with Gasteiger partial charge in [0.05, 0.1) is 23.0 Å². The number of aromatic hydroxyl groups is 2. The van der Waals surface area contributed by atoms with Crippen molar-refractivity contribution in [2.75, 3.05) is 0 Å². The lowest BCUT2D eigenvalue weighted by atomic mass is 9.70. The lowest BCUT2D eigenvalue weighted by Gasteiger charge is -2.31. The fourth-order valence-electron chi connectivity index (χ4n) is 3.73. The Morgan fingerprint density at radius 2 is 1.64 bits per heavy atom. The zero-order valence-corrected chi connectivity index (χ0v) is 13.5. The van der Waals surface area contributed by atoms with Crippen molar-refractivity contribution >= 4 is 22.3 Å². The number of phenolic OH excluding ortho intramolecular Hbond substituents is 2. The maximum atomic E-state index is 12.9. The third kappa shape index (κ3) is 1.95. The molecule has 0 radical (unpaired) electrons. The molecule has 0 spiro atoms. The largest absolute Gasteiger partial charge is 0.512 e. The highest BCUT2D eigenvalue weighted by Gasteiger charge is 2.46. The first-order valence-electron chi connectivity index (χ1n) is 8.12. The zero-order chi connectivity index (χ0) is 17.9. The fourth-order valence-corrected chi connectivity index (χ4v) is 3.73. The van der Waals surface area contributed by atoms with Crippen LogP contribution < -0.4 is 0 Å². The van der Waals surface area contributed by atoms with Gasteiger partial charge in [-0.1, -0.05) is 31.2 Å². The summed E-state index contributed by atoms with van der Waals surface area (Å²) in [5, 5.41) is 32.0. The molecule has 5 heteroatoms. The van der Waals surface area contributed by atoms with E-state index in [1.165, 1.54) is 18.2 Å². The smallest absolute Gasteiger partial charge is 0.179 e. The van der Waals surface area contributed by atoms with Gasteiger partial charge in [-0.2, -0.15) is 0 Å². The molecule has 2 aromatic rings. The van der Waals surface area contributed by atoms with Gasteiger partial charge in [-0.25, -0.2) is 0 Å². The Morgan fingerprint density at radius 1 is 0.960 bits per heavy atom. The van der Waals surface area contributed by atoms with Gasteiger partial charge in [0.25, 0.3) is 0 Å². The minimum Gasteiger partial charge on any atom is -0.512 e. The van der Waals surface area contributed by atoms with Crippen molar-refractivity contribution in [1.82, 2.24) is 0 Å². The number of aryl methyl sites for hydroxylation is 1. The number of ketones is 2. The standard InChI is InChI=1S/C20H16O5/c1-2-9-6-7-10-12(8-9)19(24)15-16(17(10)22)20(25)14-11(18(15)23)4-3-5-13(14)21/h3-8,11,14,21-22,24H,2H2,1H3/t11-,14-/m1/s1. The molecule has 0 aromatic heterocycles. The van der Waals surface area contributed by atoms with Crippen LogP contribution in [0.25, 0.3) is 10.8 Å². The van der Waals surface area contributed by atoms with Gasteiger partial charge in [0.15, 0.2) is 11.6 Å². The van der Waals surface area contributed by atoms with Crippen LogP contribution in [0.1, 0.15) is 33.2 Å². The Kier molecular flexibility index (Phi) is 3.22. The van der Waals surface area contributed by atoms with E-state index in [0.717, 1.165) is 12.0 Å². The first kappa shape index (κ1) is 15.4. The summed E-state index contributed by atoms with van der Waals surface area (Å²) in [6.45, 7) is 1.96. The van der Waals surface area contributed by atoms with Gasteiger partial charge < -0.3 is 15.3 Å². The normalized spacial score (nSPS) is 21.9. The van der Waals surface area contributed by atoms with Crippen molar-refractivity contribution in [2.24, 2.45) is 11.8 Å². The molecular formula is C20H16O5. The second kappa shape index (κ2) is 5.21. The number of benzene rings is 2. The van der Waals surface area contributed by atoms with Crippen LogP contribution in [0.5, 0.6) is 11.5 Å². The summed E-state index contributed by atoms with van der Waals surface area (Å²) in [6.07, 6.45) is 5.14. The SMILES string of the molecule is CCc1ccc2c(O)c3c(c(O)c2c1)C(=O)[C@@H]1C=CC=C(O)[C@@H]1C3=O. The molecule has 2 aromatic carbocycles. The number of allylic oxidation sites excluding steroid dienone is 4. The molecule has 0 fully saturated rings. The monoisotopic (exact) mass is 336 g/mol. The molecule has 0 aliphatic heterocycles. The summed E-state index contributed by atoms with van der Waals surface area (Å²) in [6, 6.07) is 5.14. The highest BCUT2D eigenvalue weighted by molar-refractivity contribution is 6.23. The first-order valence-corrected chi connectivity index (χ1v) is 8.12. The zero-order valence-electron chi connectivity index (χ0n) is 13.5. The Labute approximate surface area is 143 Å². The molecule has 0 saturated carbocycles. The molecule has 0 unspecified atom stereocenters. The molecule has 126 valence electrons. The van der Waals surface area contributed by atoms with Crippen molar-refractivity contribution in [2.45, 2.75) is 13.3 Å². The number of rotatable bonds is 1. The molecule has 2 aliphatic rings. The first-order chi connectivity index (χ1) is 12.0. The second-order valence-electron chi connectivity index (χ2n) is 6.39. The van der Waals surface area contributed by atoms with Gasteiger partial charge in [-0.05, 0) is 24.1 Å². The van der Waals surface area contributed by atoms with E-state index in [4.69, 9.17) is 0 Å². The molecule has 2 aliphatic carbocycles. The van der Waals surface area contributed by atoms with E-state index in [9.17, 15) is 24.9 Å². The number of fused-ring (bicyclic) bond motifs is 3. The summed E-state index contributed by atoms with van der Waals surface area (Å²) >= 11 is 0. The molecule has 5 nitrogen and oxygen atoms in total. The molecule has 4 rings (SSSR count). The minimum atomic E-state index is -1.05. The topological polar surface area (TPSA) is 94.8 Å². The van der Waals surface area contributed by atoms with Crippen LogP contribution in [0.4, 0.5) is 0 Å². The number of hydrogen-bond acceptors (Lipinski definition) is 5. The average molecular weight is 336 g/mol. The van der Waals surface area contributed by atoms with E-state index in [0.29, 0.717) is 10.8 Å². The van der Waals surface area contributed by atoms with E-state index in [1.807, 2.05) is 6.92 Å². The van der Waals surface area contributed by atoms with Crippen LogP contribution in [-0.4, -0.2) is 26.9 Å². The van der Waals surface area contributed by atoms with Crippen molar-refractivity contribution in [1.29, 1.82) is 0 Å². The molecule has 0 saturated heterocycles. The molecular weight excluding hydrogens is 320 g/mol. The van der Waals surface area contributed by atoms with E-state index in [2.05, 4.69) is 0 Å². The van der Waals surface area contributed by atoms with Crippen molar-refractivity contribution in [3.63, 3.8) is 0 Å². The van der Waals surface area contributed by atoms with Crippen molar-refractivity contribution in [3.8, 4) is 11.5 Å². The number of Topliss-reactive ketones (excluding diaryl/α,β-unsaturated/α-hetero) is 2. The Balaban J connectivity index is 2.08. The predicted molar refractivity (Wildman–Crippen MR) is 92.1 cm³/mol. The van der Waals surface area contributed by atoms with E-state index in [1.54, 1.807) is 18.2 Å².